The van der Waals surface area contributed by atoms with E-state index >= 15 is 0 Å². The van der Waals surface area contributed by atoms with Crippen LogP contribution in [0.1, 0.15) is 6.42 Å². The fraction of sp³-hybridized carbons (Fsp3) is 0.250. The van der Waals surface area contributed by atoms with Crippen molar-refractivity contribution in [3.8, 4) is 0 Å². The average Bonchev–Trinajstić information content (AvgIpc) is 3.35. The van der Waals surface area contributed by atoms with Crippen LogP contribution in [0.5, 0.6) is 0 Å². The van der Waals surface area contributed by atoms with Gasteiger partial charge in [0.25, 0.3) is 0 Å². The number of halogens is 1. The van der Waals surface area contributed by atoms with Gasteiger partial charge in [0.05, 0.1) is 34.0 Å². The fourth-order valence-corrected chi connectivity index (χ4v) is 6.82. The van der Waals surface area contributed by atoms with Gasteiger partial charge in [-0.2, -0.15) is 0 Å². The summed E-state index contributed by atoms with van der Waals surface area (Å²) in [5, 5.41) is 12.5. The smallest absolute Gasteiger partial charge is 0.237 e. The van der Waals surface area contributed by atoms with E-state index in [0.717, 1.165) is 5.69 Å². The SMILES string of the molecule is O=C(CSc1nnc(Nc2ccccc2Cl)s1)N(c1ccccc1)C1CCS(=O)(=O)C1. The number of rotatable bonds is 7. The third kappa shape index (κ3) is 5.57. The van der Waals surface area contributed by atoms with E-state index in [0.29, 0.717) is 26.6 Å². The van der Waals surface area contributed by atoms with E-state index < -0.39 is 9.84 Å². The van der Waals surface area contributed by atoms with Crippen LogP contribution in [0.4, 0.5) is 16.5 Å². The zero-order chi connectivity index (χ0) is 21.8. The van der Waals surface area contributed by atoms with Gasteiger partial charge in [-0.3, -0.25) is 4.79 Å². The number of nitrogens with one attached hydrogen (secondary N) is 1. The highest BCUT2D eigenvalue weighted by Gasteiger charge is 2.35. The molecule has 0 radical (unpaired) electrons. The van der Waals surface area contributed by atoms with Crippen molar-refractivity contribution in [1.29, 1.82) is 0 Å². The Morgan fingerprint density at radius 3 is 2.61 bits per heavy atom. The molecule has 3 aromatic rings. The van der Waals surface area contributed by atoms with Gasteiger partial charge in [-0.1, -0.05) is 65.0 Å². The molecule has 0 bridgehead atoms. The third-order valence-electron chi connectivity index (χ3n) is 4.72. The summed E-state index contributed by atoms with van der Waals surface area (Å²) in [4.78, 5) is 14.7. The number of carbonyl (C=O) groups excluding carboxylic acids is 1. The summed E-state index contributed by atoms with van der Waals surface area (Å²) in [5.74, 6) is 0.0680. The van der Waals surface area contributed by atoms with Crippen LogP contribution in [0.3, 0.4) is 0 Å². The molecule has 1 aliphatic rings. The molecule has 7 nitrogen and oxygen atoms in total. The summed E-state index contributed by atoms with van der Waals surface area (Å²) < 4.78 is 24.6. The number of aromatic nitrogens is 2. The molecule has 4 rings (SSSR count). The molecule has 1 unspecified atom stereocenters. The normalized spacial score (nSPS) is 17.4. The Morgan fingerprint density at radius 2 is 1.90 bits per heavy atom. The third-order valence-corrected chi connectivity index (χ3v) is 8.75. The van der Waals surface area contributed by atoms with Crippen molar-refractivity contribution in [2.24, 2.45) is 0 Å². The van der Waals surface area contributed by atoms with Gasteiger partial charge in [0.1, 0.15) is 0 Å². The Morgan fingerprint density at radius 1 is 1.16 bits per heavy atom. The minimum Gasteiger partial charge on any atom is -0.329 e. The molecule has 1 N–H and O–H groups in total. The molecule has 0 spiro atoms. The first-order valence-electron chi connectivity index (χ1n) is 9.47. The molecule has 1 saturated heterocycles. The number of hydrogen-bond acceptors (Lipinski definition) is 8. The van der Waals surface area contributed by atoms with Gasteiger partial charge in [-0.25, -0.2) is 8.42 Å². The lowest BCUT2D eigenvalue weighted by molar-refractivity contribution is -0.116. The number of amides is 1. The Hall–Kier alpha value is -2.14. The van der Waals surface area contributed by atoms with Crippen LogP contribution in [0.25, 0.3) is 0 Å². The number of benzene rings is 2. The average molecular weight is 495 g/mol. The molecule has 162 valence electrons. The monoisotopic (exact) mass is 494 g/mol. The van der Waals surface area contributed by atoms with Crippen LogP contribution in [0.15, 0.2) is 58.9 Å². The highest BCUT2D eigenvalue weighted by Crippen LogP contribution is 2.31. The molecule has 31 heavy (non-hydrogen) atoms. The molecular formula is C20H19ClN4O3S3. The molecule has 2 aromatic carbocycles. The van der Waals surface area contributed by atoms with Crippen LogP contribution in [-0.4, -0.2) is 47.8 Å². The maximum Gasteiger partial charge on any atom is 0.237 e. The van der Waals surface area contributed by atoms with E-state index in [4.69, 9.17) is 11.6 Å². The van der Waals surface area contributed by atoms with Crippen LogP contribution in [-0.2, 0) is 14.6 Å². The number of anilines is 3. The zero-order valence-corrected chi connectivity index (χ0v) is 19.5. The first-order valence-corrected chi connectivity index (χ1v) is 13.5. The van der Waals surface area contributed by atoms with Crippen molar-refractivity contribution in [1.82, 2.24) is 10.2 Å². The topological polar surface area (TPSA) is 92.3 Å². The van der Waals surface area contributed by atoms with Crippen molar-refractivity contribution >= 4 is 67.0 Å². The van der Waals surface area contributed by atoms with Gasteiger partial charge >= 0.3 is 0 Å². The maximum absolute atomic E-state index is 13.1. The second-order valence-corrected chi connectivity index (χ2v) is 11.8. The summed E-state index contributed by atoms with van der Waals surface area (Å²) in [6.07, 6.45) is 0.443. The van der Waals surface area contributed by atoms with E-state index in [-0.39, 0.29) is 29.2 Å². The maximum atomic E-state index is 13.1. The van der Waals surface area contributed by atoms with Crippen molar-refractivity contribution in [2.75, 3.05) is 27.5 Å². The van der Waals surface area contributed by atoms with Gasteiger partial charge in [0.15, 0.2) is 14.2 Å². The Labute approximate surface area is 193 Å². The highest BCUT2D eigenvalue weighted by molar-refractivity contribution is 8.01. The largest absolute Gasteiger partial charge is 0.329 e. The number of nitrogens with zero attached hydrogens (tertiary/aromatic N) is 3. The highest BCUT2D eigenvalue weighted by atomic mass is 35.5. The number of para-hydroxylation sites is 2. The molecule has 1 aliphatic heterocycles. The fourth-order valence-electron chi connectivity index (χ4n) is 3.32. The number of thioether (sulfide) groups is 1. The molecule has 11 heteroatoms. The molecule has 0 saturated carbocycles. The van der Waals surface area contributed by atoms with Gasteiger partial charge < -0.3 is 10.2 Å². The minimum atomic E-state index is -3.12. The molecule has 0 aliphatic carbocycles. The summed E-state index contributed by atoms with van der Waals surface area (Å²) >= 11 is 8.75. The lowest BCUT2D eigenvalue weighted by atomic mass is 10.2. The predicted octanol–water partition coefficient (Wildman–Crippen LogP) is 4.25. The van der Waals surface area contributed by atoms with E-state index in [9.17, 15) is 13.2 Å². The lowest BCUT2D eigenvalue weighted by Gasteiger charge is -2.28. The van der Waals surface area contributed by atoms with Crippen molar-refractivity contribution in [3.63, 3.8) is 0 Å². The molecule has 1 amide bonds. The summed E-state index contributed by atoms with van der Waals surface area (Å²) in [6, 6.07) is 16.2. The number of hydrogen-bond donors (Lipinski definition) is 1. The van der Waals surface area contributed by atoms with E-state index in [1.807, 2.05) is 48.5 Å². The van der Waals surface area contributed by atoms with E-state index in [1.54, 1.807) is 11.0 Å². The van der Waals surface area contributed by atoms with Crippen molar-refractivity contribution in [2.45, 2.75) is 16.8 Å². The first-order chi connectivity index (χ1) is 14.9. The Balaban J connectivity index is 1.44. The van der Waals surface area contributed by atoms with Gasteiger partial charge in [-0.05, 0) is 30.7 Å². The molecule has 2 heterocycles. The molecular weight excluding hydrogens is 476 g/mol. The van der Waals surface area contributed by atoms with Crippen LogP contribution >= 0.6 is 34.7 Å². The van der Waals surface area contributed by atoms with Gasteiger partial charge in [-0.15, -0.1) is 10.2 Å². The molecule has 1 aromatic heterocycles. The first kappa shape index (κ1) is 22.1. The van der Waals surface area contributed by atoms with Gasteiger partial charge in [0.2, 0.25) is 11.0 Å². The molecule has 1 fully saturated rings. The van der Waals surface area contributed by atoms with E-state index in [1.165, 1.54) is 23.1 Å². The number of carbonyl (C=O) groups is 1. The second kappa shape index (κ2) is 9.56. The van der Waals surface area contributed by atoms with Crippen molar-refractivity contribution < 1.29 is 13.2 Å². The summed E-state index contributed by atoms with van der Waals surface area (Å²) in [6.45, 7) is 0. The Kier molecular flexibility index (Phi) is 6.80. The van der Waals surface area contributed by atoms with Crippen LogP contribution in [0, 0.1) is 0 Å². The van der Waals surface area contributed by atoms with Crippen LogP contribution < -0.4 is 10.2 Å². The Bertz CT molecular complexity index is 1170. The van der Waals surface area contributed by atoms with Crippen LogP contribution in [0.2, 0.25) is 5.02 Å². The second-order valence-electron chi connectivity index (χ2n) is 6.92. The zero-order valence-electron chi connectivity index (χ0n) is 16.3. The predicted molar refractivity (Wildman–Crippen MR) is 126 cm³/mol. The quantitative estimate of drug-likeness (QED) is 0.491. The molecule has 1 atom stereocenters. The minimum absolute atomic E-state index is 0.0109. The standard InChI is InChI=1S/C20H19ClN4O3S3/c21-16-8-4-5-9-17(16)22-19-23-24-20(30-19)29-12-18(26)25(14-6-2-1-3-7-14)15-10-11-31(27,28)13-15/h1-9,15H,10-13H2,(H,22,23). The summed E-state index contributed by atoms with van der Waals surface area (Å²) in [5.41, 5.74) is 1.43. The lowest BCUT2D eigenvalue weighted by Crippen LogP contribution is -2.42. The van der Waals surface area contributed by atoms with E-state index in [2.05, 4.69) is 15.5 Å². The summed E-state index contributed by atoms with van der Waals surface area (Å²) in [7, 11) is -3.12. The van der Waals surface area contributed by atoms with Crippen molar-refractivity contribution in [3.05, 3.63) is 59.6 Å². The van der Waals surface area contributed by atoms with Gasteiger partial charge in [0, 0.05) is 5.69 Å². The number of sulfone groups is 1.